The maximum absolute atomic E-state index is 11.2. The second-order valence-corrected chi connectivity index (χ2v) is 3.11. The Morgan fingerprint density at radius 3 is 2.00 bits per heavy atom. The third kappa shape index (κ3) is 2.66. The normalized spacial score (nSPS) is 12.0. The molecule has 0 N–H and O–H groups in total. The number of Topliss-reactive ketones (excluding diaryl/α,β-unsaturated/α-hetero) is 2. The van der Waals surface area contributed by atoms with Crippen molar-refractivity contribution in [2.75, 3.05) is 0 Å². The first-order valence-corrected chi connectivity index (χ1v) is 3.61. The average Bonchev–Trinajstić information content (AvgIpc) is 1.86. The van der Waals surface area contributed by atoms with Crippen LogP contribution < -0.4 is 0 Å². The number of carbonyl (C=O) groups excluding carboxylic acids is 2. The summed E-state index contributed by atoms with van der Waals surface area (Å²) in [6.45, 7) is 6.59. The molecule has 0 aliphatic heterocycles. The average molecular weight is 154 g/mol. The SMILES string of the molecule is C/C=C/C(C)(C)C(=O)C(C)=O. The molecular formula is C9H14O2. The molecule has 0 saturated carbocycles. The van der Waals surface area contributed by atoms with Gasteiger partial charge in [0.25, 0.3) is 0 Å². The molecule has 0 rings (SSSR count). The maximum Gasteiger partial charge on any atom is 0.207 e. The summed E-state index contributed by atoms with van der Waals surface area (Å²) in [5.41, 5.74) is -0.638. The summed E-state index contributed by atoms with van der Waals surface area (Å²) in [6, 6.07) is 0. The summed E-state index contributed by atoms with van der Waals surface area (Å²) >= 11 is 0. The van der Waals surface area contributed by atoms with Gasteiger partial charge in [0.1, 0.15) is 0 Å². The summed E-state index contributed by atoms with van der Waals surface area (Å²) in [4.78, 5) is 21.8. The predicted octanol–water partition coefficient (Wildman–Crippen LogP) is 1.75. The zero-order chi connectivity index (χ0) is 9.07. The first-order chi connectivity index (χ1) is 4.91. The van der Waals surface area contributed by atoms with Crippen LogP contribution in [0, 0.1) is 5.41 Å². The number of hydrogen-bond acceptors (Lipinski definition) is 2. The van der Waals surface area contributed by atoms with E-state index in [4.69, 9.17) is 0 Å². The van der Waals surface area contributed by atoms with E-state index in [1.165, 1.54) is 6.92 Å². The predicted molar refractivity (Wildman–Crippen MR) is 44.3 cm³/mol. The Morgan fingerprint density at radius 2 is 1.73 bits per heavy atom. The van der Waals surface area contributed by atoms with Crippen molar-refractivity contribution in [2.24, 2.45) is 5.41 Å². The molecule has 62 valence electrons. The van der Waals surface area contributed by atoms with Gasteiger partial charge in [0, 0.05) is 12.3 Å². The molecule has 0 amide bonds. The molecule has 0 fully saturated rings. The summed E-state index contributed by atoms with van der Waals surface area (Å²) in [5, 5.41) is 0. The fourth-order valence-corrected chi connectivity index (χ4v) is 0.946. The van der Waals surface area contributed by atoms with Crippen LogP contribution in [-0.4, -0.2) is 11.6 Å². The largest absolute Gasteiger partial charge is 0.291 e. The van der Waals surface area contributed by atoms with E-state index in [1.807, 2.05) is 6.92 Å². The van der Waals surface area contributed by atoms with Gasteiger partial charge in [0.05, 0.1) is 0 Å². The lowest BCUT2D eigenvalue weighted by atomic mass is 9.86. The Morgan fingerprint density at radius 1 is 1.27 bits per heavy atom. The van der Waals surface area contributed by atoms with Crippen LogP contribution in [0.1, 0.15) is 27.7 Å². The quantitative estimate of drug-likeness (QED) is 0.458. The molecule has 0 aromatic carbocycles. The third-order valence-corrected chi connectivity index (χ3v) is 1.49. The minimum atomic E-state index is -0.638. The smallest absolute Gasteiger partial charge is 0.207 e. The highest BCUT2D eigenvalue weighted by Crippen LogP contribution is 2.18. The molecule has 2 heteroatoms. The molecular weight excluding hydrogens is 140 g/mol. The van der Waals surface area contributed by atoms with Crippen molar-refractivity contribution in [3.63, 3.8) is 0 Å². The maximum atomic E-state index is 11.2. The van der Waals surface area contributed by atoms with Crippen molar-refractivity contribution in [3.8, 4) is 0 Å². The van der Waals surface area contributed by atoms with Gasteiger partial charge in [-0.25, -0.2) is 0 Å². The molecule has 11 heavy (non-hydrogen) atoms. The van der Waals surface area contributed by atoms with E-state index in [0.717, 1.165) is 0 Å². The van der Waals surface area contributed by atoms with Crippen LogP contribution in [0.4, 0.5) is 0 Å². The second kappa shape index (κ2) is 3.46. The molecule has 0 unspecified atom stereocenters. The molecule has 0 heterocycles. The van der Waals surface area contributed by atoms with Crippen LogP contribution in [0.5, 0.6) is 0 Å². The van der Waals surface area contributed by atoms with E-state index in [1.54, 1.807) is 26.0 Å². The number of carbonyl (C=O) groups is 2. The fraction of sp³-hybridized carbons (Fsp3) is 0.556. The van der Waals surface area contributed by atoms with E-state index in [2.05, 4.69) is 0 Å². The summed E-state index contributed by atoms with van der Waals surface area (Å²) < 4.78 is 0. The van der Waals surface area contributed by atoms with Gasteiger partial charge in [0.15, 0.2) is 5.78 Å². The molecule has 0 aliphatic carbocycles. The lowest BCUT2D eigenvalue weighted by molar-refractivity contribution is -0.139. The van der Waals surface area contributed by atoms with E-state index in [9.17, 15) is 9.59 Å². The lowest BCUT2D eigenvalue weighted by Crippen LogP contribution is -2.27. The molecule has 0 atom stereocenters. The Balaban J connectivity index is 4.55. The van der Waals surface area contributed by atoms with Gasteiger partial charge in [-0.2, -0.15) is 0 Å². The summed E-state index contributed by atoms with van der Waals surface area (Å²) in [5.74, 6) is -0.719. The number of hydrogen-bond donors (Lipinski definition) is 0. The molecule has 0 saturated heterocycles. The van der Waals surface area contributed by atoms with Gasteiger partial charge in [-0.3, -0.25) is 9.59 Å². The van der Waals surface area contributed by atoms with Crippen LogP contribution in [0.2, 0.25) is 0 Å². The Hall–Kier alpha value is -0.920. The van der Waals surface area contributed by atoms with Gasteiger partial charge in [-0.05, 0) is 20.8 Å². The van der Waals surface area contributed by atoms with Crippen molar-refractivity contribution in [1.29, 1.82) is 0 Å². The summed E-state index contributed by atoms with van der Waals surface area (Å²) in [7, 11) is 0. The number of allylic oxidation sites excluding steroid dienone is 2. The molecule has 2 nitrogen and oxygen atoms in total. The van der Waals surface area contributed by atoms with Gasteiger partial charge < -0.3 is 0 Å². The van der Waals surface area contributed by atoms with Crippen molar-refractivity contribution >= 4 is 11.6 Å². The van der Waals surface area contributed by atoms with Gasteiger partial charge in [0.2, 0.25) is 5.78 Å². The minimum Gasteiger partial charge on any atom is -0.291 e. The van der Waals surface area contributed by atoms with Gasteiger partial charge >= 0.3 is 0 Å². The van der Waals surface area contributed by atoms with Crippen LogP contribution in [0.3, 0.4) is 0 Å². The van der Waals surface area contributed by atoms with E-state index >= 15 is 0 Å². The van der Waals surface area contributed by atoms with Gasteiger partial charge in [-0.15, -0.1) is 0 Å². The molecule has 0 aromatic heterocycles. The van der Waals surface area contributed by atoms with Crippen molar-refractivity contribution in [2.45, 2.75) is 27.7 Å². The molecule has 0 spiro atoms. The number of rotatable bonds is 3. The first kappa shape index (κ1) is 10.1. The van der Waals surface area contributed by atoms with Crippen molar-refractivity contribution < 1.29 is 9.59 Å². The molecule has 0 aliphatic rings. The number of ketones is 2. The van der Waals surface area contributed by atoms with Gasteiger partial charge in [-0.1, -0.05) is 12.2 Å². The Labute approximate surface area is 67.3 Å². The highest BCUT2D eigenvalue weighted by molar-refractivity contribution is 6.38. The minimum absolute atomic E-state index is 0.337. The van der Waals surface area contributed by atoms with E-state index < -0.39 is 5.41 Å². The first-order valence-electron chi connectivity index (χ1n) is 3.61. The molecule has 0 aromatic rings. The highest BCUT2D eigenvalue weighted by Gasteiger charge is 2.27. The van der Waals surface area contributed by atoms with Crippen LogP contribution >= 0.6 is 0 Å². The standard InChI is InChI=1S/C9H14O2/c1-5-6-9(3,4)8(11)7(2)10/h5-6H,1-4H3/b6-5+. The Bertz CT molecular complexity index is 200. The van der Waals surface area contributed by atoms with Crippen LogP contribution in [-0.2, 0) is 9.59 Å². The van der Waals surface area contributed by atoms with E-state index in [0.29, 0.717) is 0 Å². The van der Waals surface area contributed by atoms with E-state index in [-0.39, 0.29) is 11.6 Å². The van der Waals surface area contributed by atoms with Crippen molar-refractivity contribution in [1.82, 2.24) is 0 Å². The fourth-order valence-electron chi connectivity index (χ4n) is 0.946. The highest BCUT2D eigenvalue weighted by atomic mass is 16.2. The third-order valence-electron chi connectivity index (χ3n) is 1.49. The lowest BCUT2D eigenvalue weighted by Gasteiger charge is -2.15. The Kier molecular flexibility index (Phi) is 3.18. The zero-order valence-corrected chi connectivity index (χ0v) is 7.47. The second-order valence-electron chi connectivity index (χ2n) is 3.11. The topological polar surface area (TPSA) is 34.1 Å². The van der Waals surface area contributed by atoms with Crippen molar-refractivity contribution in [3.05, 3.63) is 12.2 Å². The van der Waals surface area contributed by atoms with Crippen LogP contribution in [0.15, 0.2) is 12.2 Å². The van der Waals surface area contributed by atoms with Crippen LogP contribution in [0.25, 0.3) is 0 Å². The molecule has 0 bridgehead atoms. The molecule has 0 radical (unpaired) electrons. The summed E-state index contributed by atoms with van der Waals surface area (Å²) in [6.07, 6.45) is 3.51. The zero-order valence-electron chi connectivity index (χ0n) is 7.47. The monoisotopic (exact) mass is 154 g/mol.